The summed E-state index contributed by atoms with van der Waals surface area (Å²) in [6.45, 7) is 4.27. The lowest BCUT2D eigenvalue weighted by Gasteiger charge is -2.09. The van der Waals surface area contributed by atoms with Crippen molar-refractivity contribution < 1.29 is 9.53 Å². The summed E-state index contributed by atoms with van der Waals surface area (Å²) < 4.78 is 6.17. The molecule has 0 fully saturated rings. The second-order valence-corrected chi connectivity index (χ2v) is 5.87. The third kappa shape index (κ3) is 3.10. The van der Waals surface area contributed by atoms with Crippen LogP contribution in [0.2, 0.25) is 0 Å². The number of rotatable bonds is 4. The number of hydrogen-bond acceptors (Lipinski definition) is 2. The van der Waals surface area contributed by atoms with E-state index >= 15 is 0 Å². The van der Waals surface area contributed by atoms with Gasteiger partial charge >= 0.3 is 0 Å². The molecule has 2 aromatic carbocycles. The molecule has 0 atom stereocenters. The molecule has 0 amide bonds. The molecular weight excluding hydrogens is 316 g/mol. The zero-order valence-corrected chi connectivity index (χ0v) is 13.4. The van der Waals surface area contributed by atoms with E-state index in [4.69, 9.17) is 4.74 Å². The smallest absolute Gasteiger partial charge is 0.196 e. The van der Waals surface area contributed by atoms with Crippen LogP contribution in [-0.2, 0) is 0 Å². The van der Waals surface area contributed by atoms with Crippen LogP contribution in [0.3, 0.4) is 0 Å². The van der Waals surface area contributed by atoms with E-state index in [1.54, 1.807) is 19.2 Å². The highest BCUT2D eigenvalue weighted by Gasteiger charge is 2.14. The Kier molecular flexibility index (Phi) is 4.61. The highest BCUT2D eigenvalue weighted by Crippen LogP contribution is 2.26. The van der Waals surface area contributed by atoms with Gasteiger partial charge < -0.3 is 4.74 Å². The van der Waals surface area contributed by atoms with Crippen LogP contribution >= 0.6 is 15.9 Å². The Bertz CT molecular complexity index is 615. The lowest BCUT2D eigenvalue weighted by atomic mass is 9.98. The highest BCUT2D eigenvalue weighted by molar-refractivity contribution is 9.10. The topological polar surface area (TPSA) is 26.3 Å². The maximum absolute atomic E-state index is 12.5. The zero-order chi connectivity index (χ0) is 14.7. The van der Waals surface area contributed by atoms with Gasteiger partial charge in [-0.15, -0.1) is 0 Å². The quantitative estimate of drug-likeness (QED) is 0.751. The van der Waals surface area contributed by atoms with Gasteiger partial charge in [0.2, 0.25) is 0 Å². The molecule has 0 spiro atoms. The summed E-state index contributed by atoms with van der Waals surface area (Å²) in [4.78, 5) is 12.5. The molecule has 2 nitrogen and oxygen atoms in total. The molecule has 0 N–H and O–H groups in total. The molecule has 0 aliphatic carbocycles. The third-order valence-electron chi connectivity index (χ3n) is 3.25. The van der Waals surface area contributed by atoms with Crippen molar-refractivity contribution in [1.29, 1.82) is 0 Å². The van der Waals surface area contributed by atoms with Crippen LogP contribution in [0.15, 0.2) is 46.9 Å². The lowest BCUT2D eigenvalue weighted by molar-refractivity contribution is 0.103. The van der Waals surface area contributed by atoms with Crippen molar-refractivity contribution in [1.82, 2.24) is 0 Å². The fraction of sp³-hybridized carbons (Fsp3) is 0.235. The summed E-state index contributed by atoms with van der Waals surface area (Å²) in [5.74, 6) is 1.02. The first kappa shape index (κ1) is 14.8. The van der Waals surface area contributed by atoms with Crippen molar-refractivity contribution in [3.05, 3.63) is 63.6 Å². The van der Waals surface area contributed by atoms with E-state index in [9.17, 15) is 4.79 Å². The number of carbonyl (C=O) groups is 1. The van der Waals surface area contributed by atoms with Gasteiger partial charge in [-0.2, -0.15) is 0 Å². The fourth-order valence-electron chi connectivity index (χ4n) is 2.03. The highest BCUT2D eigenvalue weighted by atomic mass is 79.9. The Morgan fingerprint density at radius 3 is 2.30 bits per heavy atom. The van der Waals surface area contributed by atoms with Crippen LogP contribution in [0.1, 0.15) is 41.3 Å². The number of benzene rings is 2. The predicted octanol–water partition coefficient (Wildman–Crippen LogP) is 4.81. The molecule has 0 aliphatic heterocycles. The Morgan fingerprint density at radius 2 is 1.75 bits per heavy atom. The normalized spacial score (nSPS) is 10.7. The summed E-state index contributed by atoms with van der Waals surface area (Å²) in [5, 5.41) is 0. The number of ketones is 1. The van der Waals surface area contributed by atoms with Crippen molar-refractivity contribution >= 4 is 21.7 Å². The van der Waals surface area contributed by atoms with Gasteiger partial charge in [0.1, 0.15) is 5.75 Å². The maximum Gasteiger partial charge on any atom is 0.196 e. The summed E-state index contributed by atoms with van der Waals surface area (Å²) in [6.07, 6.45) is 0. The van der Waals surface area contributed by atoms with Crippen LogP contribution in [0.4, 0.5) is 0 Å². The fourth-order valence-corrected chi connectivity index (χ4v) is 2.37. The minimum absolute atomic E-state index is 0.0235. The van der Waals surface area contributed by atoms with E-state index in [0.29, 0.717) is 22.8 Å². The molecule has 3 heteroatoms. The van der Waals surface area contributed by atoms with Gasteiger partial charge in [-0.25, -0.2) is 0 Å². The third-order valence-corrected chi connectivity index (χ3v) is 3.74. The SMILES string of the molecule is COc1cc(Br)ccc1C(=O)c1ccc(C(C)C)cc1. The first-order valence-electron chi connectivity index (χ1n) is 6.51. The van der Waals surface area contributed by atoms with Crippen LogP contribution in [0, 0.1) is 0 Å². The minimum atomic E-state index is -0.0235. The van der Waals surface area contributed by atoms with Gasteiger partial charge in [0.05, 0.1) is 12.7 Å². The summed E-state index contributed by atoms with van der Waals surface area (Å²) in [6, 6.07) is 13.2. The predicted molar refractivity (Wildman–Crippen MR) is 84.7 cm³/mol. The van der Waals surface area contributed by atoms with Gasteiger partial charge in [-0.1, -0.05) is 54.0 Å². The van der Waals surface area contributed by atoms with Gasteiger partial charge in [0.15, 0.2) is 5.78 Å². The first-order chi connectivity index (χ1) is 9.52. The molecule has 0 aromatic heterocycles. The van der Waals surface area contributed by atoms with E-state index in [-0.39, 0.29) is 5.78 Å². The van der Waals surface area contributed by atoms with E-state index in [1.165, 1.54) is 5.56 Å². The van der Waals surface area contributed by atoms with Gasteiger partial charge in [-0.3, -0.25) is 4.79 Å². The summed E-state index contributed by atoms with van der Waals surface area (Å²) in [7, 11) is 1.57. The average molecular weight is 333 g/mol. The van der Waals surface area contributed by atoms with Crippen LogP contribution in [-0.4, -0.2) is 12.9 Å². The van der Waals surface area contributed by atoms with Gasteiger partial charge in [0, 0.05) is 10.0 Å². The van der Waals surface area contributed by atoms with Crippen LogP contribution < -0.4 is 4.74 Å². The molecule has 20 heavy (non-hydrogen) atoms. The second-order valence-electron chi connectivity index (χ2n) is 4.95. The van der Waals surface area contributed by atoms with Crippen molar-refractivity contribution in [2.75, 3.05) is 7.11 Å². The molecule has 0 saturated heterocycles. The molecule has 0 heterocycles. The molecule has 0 saturated carbocycles. The molecule has 2 rings (SSSR count). The molecule has 2 aromatic rings. The number of methoxy groups -OCH3 is 1. The van der Waals surface area contributed by atoms with Crippen molar-refractivity contribution in [3.8, 4) is 5.75 Å². The van der Waals surface area contributed by atoms with E-state index < -0.39 is 0 Å². The maximum atomic E-state index is 12.5. The summed E-state index contributed by atoms with van der Waals surface area (Å²) >= 11 is 3.38. The van der Waals surface area contributed by atoms with Gasteiger partial charge in [0.25, 0.3) is 0 Å². The number of hydrogen-bond donors (Lipinski definition) is 0. The van der Waals surface area contributed by atoms with E-state index in [1.807, 2.05) is 30.3 Å². The molecule has 0 aliphatic rings. The first-order valence-corrected chi connectivity index (χ1v) is 7.30. The van der Waals surface area contributed by atoms with E-state index in [0.717, 1.165) is 4.47 Å². The van der Waals surface area contributed by atoms with E-state index in [2.05, 4.69) is 29.8 Å². The molecule has 0 bridgehead atoms. The Labute approximate surface area is 127 Å². The Hall–Kier alpha value is -1.61. The number of carbonyl (C=O) groups excluding carboxylic acids is 1. The van der Waals surface area contributed by atoms with Crippen molar-refractivity contribution in [2.45, 2.75) is 19.8 Å². The zero-order valence-electron chi connectivity index (χ0n) is 11.8. The molecule has 0 radical (unpaired) electrons. The number of ether oxygens (including phenoxy) is 1. The Morgan fingerprint density at radius 1 is 1.10 bits per heavy atom. The second kappa shape index (κ2) is 6.23. The monoisotopic (exact) mass is 332 g/mol. The minimum Gasteiger partial charge on any atom is -0.496 e. The van der Waals surface area contributed by atoms with Crippen molar-refractivity contribution in [3.63, 3.8) is 0 Å². The molecular formula is C17H17BrO2. The standard InChI is InChI=1S/C17H17BrO2/c1-11(2)12-4-6-13(7-5-12)17(19)15-9-8-14(18)10-16(15)20-3/h4-11H,1-3H3. The molecule has 104 valence electrons. The van der Waals surface area contributed by atoms with Crippen molar-refractivity contribution in [2.24, 2.45) is 0 Å². The lowest BCUT2D eigenvalue weighted by Crippen LogP contribution is -2.04. The average Bonchev–Trinajstić information content (AvgIpc) is 2.46. The largest absolute Gasteiger partial charge is 0.496 e. The van der Waals surface area contributed by atoms with Crippen LogP contribution in [0.5, 0.6) is 5.75 Å². The van der Waals surface area contributed by atoms with Crippen LogP contribution in [0.25, 0.3) is 0 Å². The molecule has 0 unspecified atom stereocenters. The number of halogens is 1. The summed E-state index contributed by atoms with van der Waals surface area (Å²) in [5.41, 5.74) is 2.48. The Balaban J connectivity index is 2.36. The van der Waals surface area contributed by atoms with Gasteiger partial charge in [-0.05, 0) is 29.7 Å².